The summed E-state index contributed by atoms with van der Waals surface area (Å²) in [6.07, 6.45) is 6.82. The summed E-state index contributed by atoms with van der Waals surface area (Å²) in [5, 5.41) is 11.0. The summed E-state index contributed by atoms with van der Waals surface area (Å²) in [7, 11) is 2.14. The van der Waals surface area contributed by atoms with Crippen molar-refractivity contribution in [3.63, 3.8) is 0 Å². The van der Waals surface area contributed by atoms with E-state index in [2.05, 4.69) is 46.6 Å². The van der Waals surface area contributed by atoms with Crippen molar-refractivity contribution in [3.05, 3.63) is 0 Å². The minimum Gasteiger partial charge on any atom is -0.457 e. The lowest BCUT2D eigenvalue weighted by Crippen LogP contribution is -2.59. The standard InChI is InChI=1S/C37H59NO7/c1-21-18-23(31(33(5,6)41)43-22(2)39)44-29-28(21)34(7)14-15-37-20-36(37)13-12-26(45-27-19-38(9)16-17-42-27)32(3,4)24(36)10-11-25(37)35(34,8)30(29)40/h21,23-29,31,41H,10-20H2,1-9H3/t21-,23-,24+,25+,26+,27?,28+,29+,31+,34-,35-,36-,37+/m1/s1. The summed E-state index contributed by atoms with van der Waals surface area (Å²) < 4.78 is 25.2. The first-order valence-corrected chi connectivity index (χ1v) is 18.0. The fraction of sp³-hybridized carbons (Fsp3) is 0.946. The van der Waals surface area contributed by atoms with Gasteiger partial charge in [0.2, 0.25) is 0 Å². The molecule has 8 nitrogen and oxygen atoms in total. The second kappa shape index (κ2) is 10.2. The summed E-state index contributed by atoms with van der Waals surface area (Å²) in [6.45, 7) is 19.1. The van der Waals surface area contributed by atoms with E-state index in [1.54, 1.807) is 13.8 Å². The average Bonchev–Trinajstić information content (AvgIpc) is 3.57. The number of ether oxygens (including phenoxy) is 4. The molecule has 0 aromatic rings. The van der Waals surface area contributed by atoms with Gasteiger partial charge in [0.15, 0.2) is 18.2 Å². The number of carbonyl (C=O) groups is 2. The molecule has 8 heteroatoms. The molecule has 2 heterocycles. The first-order valence-electron chi connectivity index (χ1n) is 18.0. The van der Waals surface area contributed by atoms with Crippen LogP contribution in [-0.4, -0.2) is 84.8 Å². The molecule has 7 aliphatic rings. The molecule has 254 valence electrons. The van der Waals surface area contributed by atoms with E-state index in [0.29, 0.717) is 18.3 Å². The first-order chi connectivity index (χ1) is 20.9. The number of Topliss-reactive ketones (excluding diaryl/α,β-unsaturated/α-hetero) is 1. The van der Waals surface area contributed by atoms with Crippen molar-refractivity contribution in [1.82, 2.24) is 4.90 Å². The van der Waals surface area contributed by atoms with Gasteiger partial charge in [0, 0.05) is 31.3 Å². The van der Waals surface area contributed by atoms with Crippen LogP contribution in [0.15, 0.2) is 0 Å². The predicted octanol–water partition coefficient (Wildman–Crippen LogP) is 5.38. The molecular formula is C37H59NO7. The van der Waals surface area contributed by atoms with Gasteiger partial charge in [-0.05, 0) is 112 Å². The van der Waals surface area contributed by atoms with Crippen LogP contribution in [0.2, 0.25) is 0 Å². The molecule has 2 saturated heterocycles. The molecule has 45 heavy (non-hydrogen) atoms. The summed E-state index contributed by atoms with van der Waals surface area (Å²) in [5.74, 6) is 1.12. The fourth-order valence-corrected chi connectivity index (χ4v) is 13.3. The number of nitrogens with zero attached hydrogens (tertiary/aromatic N) is 1. The number of carbonyl (C=O) groups excluding carboxylic acids is 2. The van der Waals surface area contributed by atoms with Crippen LogP contribution in [0.25, 0.3) is 0 Å². The van der Waals surface area contributed by atoms with Gasteiger partial charge in [0.25, 0.3) is 0 Å². The number of fused-ring (bicyclic) bond motifs is 4. The summed E-state index contributed by atoms with van der Waals surface area (Å²) in [5.41, 5.74) is -1.32. The molecule has 13 atom stereocenters. The van der Waals surface area contributed by atoms with Crippen LogP contribution in [0.1, 0.15) is 107 Å². The number of ketones is 1. The quantitative estimate of drug-likeness (QED) is 0.405. The Labute approximate surface area is 270 Å². The lowest BCUT2D eigenvalue weighted by molar-refractivity contribution is -0.245. The minimum absolute atomic E-state index is 0.0507. The number of hydrogen-bond donors (Lipinski definition) is 1. The second-order valence-corrected chi connectivity index (χ2v) is 18.2. The van der Waals surface area contributed by atoms with Crippen LogP contribution < -0.4 is 0 Å². The van der Waals surface area contributed by atoms with Gasteiger partial charge in [-0.1, -0.05) is 34.6 Å². The van der Waals surface area contributed by atoms with Gasteiger partial charge < -0.3 is 24.1 Å². The molecule has 7 fully saturated rings. The van der Waals surface area contributed by atoms with E-state index in [1.807, 2.05) is 0 Å². The van der Waals surface area contributed by atoms with Crippen molar-refractivity contribution in [1.29, 1.82) is 0 Å². The zero-order valence-corrected chi connectivity index (χ0v) is 29.3. The number of likely N-dealkylation sites (N-methyl/N-ethyl adjacent to an activating group) is 1. The smallest absolute Gasteiger partial charge is 0.303 e. The van der Waals surface area contributed by atoms with Crippen LogP contribution in [0, 0.1) is 50.7 Å². The number of morpholine rings is 1. The molecule has 0 radical (unpaired) electrons. The zero-order valence-electron chi connectivity index (χ0n) is 29.3. The molecule has 1 unspecified atom stereocenters. The molecule has 0 amide bonds. The molecule has 7 rings (SSSR count). The van der Waals surface area contributed by atoms with Crippen molar-refractivity contribution in [2.45, 2.75) is 143 Å². The Morgan fingerprint density at radius 3 is 2.42 bits per heavy atom. The van der Waals surface area contributed by atoms with Crippen LogP contribution >= 0.6 is 0 Å². The van der Waals surface area contributed by atoms with Crippen LogP contribution in [0.5, 0.6) is 0 Å². The highest BCUT2D eigenvalue weighted by atomic mass is 16.7. The van der Waals surface area contributed by atoms with Gasteiger partial charge in [0.05, 0.1) is 24.4 Å². The minimum atomic E-state index is -1.28. The van der Waals surface area contributed by atoms with Crippen molar-refractivity contribution in [2.75, 3.05) is 26.7 Å². The highest BCUT2D eigenvalue weighted by Gasteiger charge is 2.85. The number of esters is 1. The molecule has 2 aliphatic heterocycles. The van der Waals surface area contributed by atoms with Gasteiger partial charge in [-0.25, -0.2) is 0 Å². The van der Waals surface area contributed by atoms with Crippen LogP contribution in [0.4, 0.5) is 0 Å². The normalized spacial score (nSPS) is 51.2. The number of aliphatic hydroxyl groups is 1. The van der Waals surface area contributed by atoms with Gasteiger partial charge in [0.1, 0.15) is 6.10 Å². The second-order valence-electron chi connectivity index (χ2n) is 18.2. The van der Waals surface area contributed by atoms with Gasteiger partial charge >= 0.3 is 5.97 Å². The topological polar surface area (TPSA) is 94.5 Å². The monoisotopic (exact) mass is 629 g/mol. The van der Waals surface area contributed by atoms with Crippen molar-refractivity contribution in [2.24, 2.45) is 50.7 Å². The highest BCUT2D eigenvalue weighted by molar-refractivity contribution is 5.93. The summed E-state index contributed by atoms with van der Waals surface area (Å²) in [4.78, 5) is 29.3. The molecule has 5 aliphatic carbocycles. The van der Waals surface area contributed by atoms with Gasteiger partial charge in [-0.15, -0.1) is 0 Å². The number of hydrogen-bond acceptors (Lipinski definition) is 8. The first kappa shape index (κ1) is 32.5. The van der Waals surface area contributed by atoms with Crippen LogP contribution in [-0.2, 0) is 28.5 Å². The van der Waals surface area contributed by atoms with Crippen molar-refractivity contribution in [3.8, 4) is 0 Å². The lowest BCUT2D eigenvalue weighted by Gasteiger charge is -2.62. The van der Waals surface area contributed by atoms with E-state index in [4.69, 9.17) is 18.9 Å². The number of rotatable bonds is 5. The van der Waals surface area contributed by atoms with Crippen molar-refractivity contribution >= 4 is 11.8 Å². The van der Waals surface area contributed by atoms with E-state index in [1.165, 1.54) is 26.2 Å². The third-order valence-electron chi connectivity index (χ3n) is 15.4. The van der Waals surface area contributed by atoms with E-state index >= 15 is 0 Å². The molecular weight excluding hydrogens is 570 g/mol. The third-order valence-corrected chi connectivity index (χ3v) is 15.4. The van der Waals surface area contributed by atoms with Crippen molar-refractivity contribution < 1.29 is 33.6 Å². The fourth-order valence-electron chi connectivity index (χ4n) is 13.3. The summed E-state index contributed by atoms with van der Waals surface area (Å²) >= 11 is 0. The Kier molecular flexibility index (Phi) is 7.38. The Balaban J connectivity index is 1.15. The molecule has 1 N–H and O–H groups in total. The highest BCUT2D eigenvalue weighted by Crippen LogP contribution is 2.89. The van der Waals surface area contributed by atoms with E-state index in [-0.39, 0.29) is 51.7 Å². The predicted molar refractivity (Wildman–Crippen MR) is 169 cm³/mol. The maximum atomic E-state index is 15.0. The van der Waals surface area contributed by atoms with E-state index in [0.717, 1.165) is 45.4 Å². The Hall–Kier alpha value is -1.06. The van der Waals surface area contributed by atoms with Crippen LogP contribution in [0.3, 0.4) is 0 Å². The third kappa shape index (κ3) is 4.33. The molecule has 2 spiro atoms. The zero-order chi connectivity index (χ0) is 32.5. The van der Waals surface area contributed by atoms with Gasteiger partial charge in [-0.3, -0.25) is 14.5 Å². The van der Waals surface area contributed by atoms with E-state index < -0.39 is 35.3 Å². The molecule has 5 saturated carbocycles. The largest absolute Gasteiger partial charge is 0.457 e. The SMILES string of the molecule is CC(=O)O[C@@H]([C@H]1C[C@@H](C)[C@H]2[C@H](O1)C(=O)[C@@]1(C)[C@@H]3CC[C@H]4C(C)(C)[C@@H](OC5CN(C)CCO5)CC[C@@]45C[C@@]35CC[C@]21C)C(C)(C)O. The molecule has 0 aromatic carbocycles. The van der Waals surface area contributed by atoms with Gasteiger partial charge in [-0.2, -0.15) is 0 Å². The average molecular weight is 630 g/mol. The lowest BCUT2D eigenvalue weighted by atomic mass is 9.41. The Morgan fingerprint density at radius 2 is 1.76 bits per heavy atom. The Bertz CT molecular complexity index is 1230. The summed E-state index contributed by atoms with van der Waals surface area (Å²) in [6, 6.07) is 0. The molecule has 0 aromatic heterocycles. The molecule has 0 bridgehead atoms. The van der Waals surface area contributed by atoms with E-state index in [9.17, 15) is 14.7 Å². The Morgan fingerprint density at radius 1 is 1.07 bits per heavy atom. The maximum absolute atomic E-state index is 15.0. The maximum Gasteiger partial charge on any atom is 0.303 e.